The van der Waals surface area contributed by atoms with Crippen molar-refractivity contribution in [2.75, 3.05) is 18.4 Å². The maximum absolute atomic E-state index is 12.4. The summed E-state index contributed by atoms with van der Waals surface area (Å²) in [5, 5.41) is 11.3. The summed E-state index contributed by atoms with van der Waals surface area (Å²) in [5.41, 5.74) is 6.97. The fraction of sp³-hybridized carbons (Fsp3) is 0.211. The largest absolute Gasteiger partial charge is 0.366 e. The lowest BCUT2D eigenvalue weighted by Crippen LogP contribution is -2.39. The van der Waals surface area contributed by atoms with Crippen LogP contribution in [0.1, 0.15) is 16.2 Å². The zero-order chi connectivity index (χ0) is 19.5. The fourth-order valence-electron chi connectivity index (χ4n) is 3.25. The smallest absolute Gasteiger partial charge is 0.250 e. The van der Waals surface area contributed by atoms with Gasteiger partial charge < -0.3 is 15.6 Å². The van der Waals surface area contributed by atoms with Gasteiger partial charge in [0.05, 0.1) is 24.3 Å². The number of aromatic nitrogens is 4. The van der Waals surface area contributed by atoms with Gasteiger partial charge in [-0.05, 0) is 24.3 Å². The van der Waals surface area contributed by atoms with Gasteiger partial charge in [-0.2, -0.15) is 0 Å². The molecule has 0 bridgehead atoms. The molecule has 3 heterocycles. The Morgan fingerprint density at radius 3 is 2.75 bits per heavy atom. The second-order valence-corrected chi connectivity index (χ2v) is 6.50. The number of hydrogen-bond acceptors (Lipinski definition) is 6. The summed E-state index contributed by atoms with van der Waals surface area (Å²) in [4.78, 5) is 30.0. The molecule has 0 fully saturated rings. The van der Waals surface area contributed by atoms with Gasteiger partial charge in [-0.15, -0.1) is 10.2 Å². The quantitative estimate of drug-likeness (QED) is 0.682. The van der Waals surface area contributed by atoms with Crippen molar-refractivity contribution < 1.29 is 9.59 Å². The molecule has 9 heteroatoms. The Morgan fingerprint density at radius 1 is 1.11 bits per heavy atom. The molecule has 0 unspecified atom stereocenters. The zero-order valence-electron chi connectivity index (χ0n) is 15.1. The highest BCUT2D eigenvalue weighted by Gasteiger charge is 2.23. The number of amides is 2. The summed E-state index contributed by atoms with van der Waals surface area (Å²) in [6.07, 6.45) is 3.47. The van der Waals surface area contributed by atoms with Gasteiger partial charge in [-0.1, -0.05) is 12.1 Å². The minimum atomic E-state index is -0.579. The molecule has 4 rings (SSSR count). The number of nitrogens with two attached hydrogens (primary N) is 1. The second-order valence-electron chi connectivity index (χ2n) is 6.50. The Kier molecular flexibility index (Phi) is 4.81. The van der Waals surface area contributed by atoms with E-state index in [4.69, 9.17) is 5.73 Å². The summed E-state index contributed by atoms with van der Waals surface area (Å²) in [6, 6.07) is 10.5. The van der Waals surface area contributed by atoms with E-state index in [1.54, 1.807) is 36.7 Å². The Balaban J connectivity index is 1.43. The first-order valence-corrected chi connectivity index (χ1v) is 8.85. The highest BCUT2D eigenvalue weighted by atomic mass is 16.2. The summed E-state index contributed by atoms with van der Waals surface area (Å²) in [6.45, 7) is 2.06. The Labute approximate surface area is 161 Å². The number of nitrogens with zero attached hydrogens (tertiary/aromatic N) is 5. The number of rotatable bonds is 5. The van der Waals surface area contributed by atoms with Crippen LogP contribution in [0.3, 0.4) is 0 Å². The molecular formula is C19H19N7O2. The van der Waals surface area contributed by atoms with Crippen molar-refractivity contribution >= 4 is 17.5 Å². The average Bonchev–Trinajstić information content (AvgIpc) is 3.12. The number of nitrogens with one attached hydrogen (secondary N) is 1. The van der Waals surface area contributed by atoms with Gasteiger partial charge in [-0.25, -0.2) is 0 Å². The fourth-order valence-corrected chi connectivity index (χ4v) is 3.25. The van der Waals surface area contributed by atoms with Gasteiger partial charge in [0.1, 0.15) is 5.82 Å². The number of anilines is 1. The lowest BCUT2D eigenvalue weighted by atomic mass is 10.1. The summed E-state index contributed by atoms with van der Waals surface area (Å²) in [5.74, 6) is 0.789. The molecule has 1 aliphatic heterocycles. The number of primary amides is 1. The van der Waals surface area contributed by atoms with Crippen LogP contribution < -0.4 is 11.1 Å². The van der Waals surface area contributed by atoms with Crippen LogP contribution in [0, 0.1) is 0 Å². The molecular weight excluding hydrogens is 358 g/mol. The van der Waals surface area contributed by atoms with E-state index in [0.717, 1.165) is 17.2 Å². The summed E-state index contributed by atoms with van der Waals surface area (Å²) >= 11 is 0. The third kappa shape index (κ3) is 3.60. The Hall–Kier alpha value is -3.59. The van der Waals surface area contributed by atoms with Crippen molar-refractivity contribution in [2.24, 2.45) is 5.73 Å². The molecule has 0 saturated carbocycles. The first kappa shape index (κ1) is 17.8. The van der Waals surface area contributed by atoms with Gasteiger partial charge in [0, 0.05) is 31.0 Å². The van der Waals surface area contributed by atoms with E-state index >= 15 is 0 Å². The number of carbonyl (C=O) groups is 2. The average molecular weight is 377 g/mol. The molecule has 0 atom stereocenters. The lowest BCUT2D eigenvalue weighted by molar-refractivity contribution is -0.117. The van der Waals surface area contributed by atoms with Crippen LogP contribution in [-0.4, -0.2) is 49.6 Å². The molecule has 28 heavy (non-hydrogen) atoms. The molecule has 9 nitrogen and oxygen atoms in total. The standard InChI is InChI=1S/C19H19N7O2/c20-18(28)14-5-1-2-6-15(14)22-17(27)12-25-8-9-26-16(11-25)23-24-19(26)13-4-3-7-21-10-13/h1-7,10H,8-9,11-12H2,(H2,20,28)(H,22,27). The van der Waals surface area contributed by atoms with Crippen LogP contribution in [-0.2, 0) is 17.9 Å². The topological polar surface area (TPSA) is 119 Å². The third-order valence-corrected chi connectivity index (χ3v) is 4.59. The van der Waals surface area contributed by atoms with Crippen molar-refractivity contribution in [3.05, 3.63) is 60.2 Å². The summed E-state index contributed by atoms with van der Waals surface area (Å²) in [7, 11) is 0. The van der Waals surface area contributed by atoms with Crippen molar-refractivity contribution in [3.63, 3.8) is 0 Å². The minimum absolute atomic E-state index is 0.183. The predicted octanol–water partition coefficient (Wildman–Crippen LogP) is 0.893. The van der Waals surface area contributed by atoms with E-state index in [9.17, 15) is 9.59 Å². The van der Waals surface area contributed by atoms with Crippen molar-refractivity contribution in [1.82, 2.24) is 24.6 Å². The maximum atomic E-state index is 12.4. The highest BCUT2D eigenvalue weighted by Crippen LogP contribution is 2.21. The van der Waals surface area contributed by atoms with E-state index in [-0.39, 0.29) is 18.0 Å². The normalized spacial score (nSPS) is 13.7. The molecule has 0 radical (unpaired) electrons. The molecule has 3 N–H and O–H groups in total. The Bertz CT molecular complexity index is 1020. The molecule has 3 aromatic rings. The van der Waals surface area contributed by atoms with Gasteiger partial charge in [0.15, 0.2) is 5.82 Å². The molecule has 1 aromatic carbocycles. The Morgan fingerprint density at radius 2 is 1.96 bits per heavy atom. The second kappa shape index (κ2) is 7.57. The van der Waals surface area contributed by atoms with E-state index < -0.39 is 5.91 Å². The number of pyridine rings is 1. The first-order chi connectivity index (χ1) is 13.6. The molecule has 2 amide bonds. The molecule has 2 aromatic heterocycles. The molecule has 0 saturated heterocycles. The van der Waals surface area contributed by atoms with Gasteiger partial charge in [0.2, 0.25) is 5.91 Å². The van der Waals surface area contributed by atoms with E-state index in [0.29, 0.717) is 25.3 Å². The van der Waals surface area contributed by atoms with Gasteiger partial charge in [-0.3, -0.25) is 19.5 Å². The van der Waals surface area contributed by atoms with Crippen molar-refractivity contribution in [3.8, 4) is 11.4 Å². The van der Waals surface area contributed by atoms with Crippen LogP contribution in [0.5, 0.6) is 0 Å². The van der Waals surface area contributed by atoms with E-state index in [1.807, 2.05) is 21.6 Å². The van der Waals surface area contributed by atoms with E-state index in [2.05, 4.69) is 20.5 Å². The van der Waals surface area contributed by atoms with Crippen molar-refractivity contribution in [2.45, 2.75) is 13.1 Å². The monoisotopic (exact) mass is 377 g/mol. The van der Waals surface area contributed by atoms with Crippen LogP contribution in [0.15, 0.2) is 48.8 Å². The van der Waals surface area contributed by atoms with Crippen LogP contribution in [0.2, 0.25) is 0 Å². The zero-order valence-corrected chi connectivity index (χ0v) is 15.1. The lowest BCUT2D eigenvalue weighted by Gasteiger charge is -2.27. The van der Waals surface area contributed by atoms with Crippen molar-refractivity contribution in [1.29, 1.82) is 0 Å². The molecule has 142 valence electrons. The molecule has 0 aliphatic carbocycles. The van der Waals surface area contributed by atoms with Crippen LogP contribution >= 0.6 is 0 Å². The number of para-hydroxylation sites is 1. The number of fused-ring (bicyclic) bond motifs is 1. The minimum Gasteiger partial charge on any atom is -0.366 e. The third-order valence-electron chi connectivity index (χ3n) is 4.59. The van der Waals surface area contributed by atoms with Crippen LogP contribution in [0.4, 0.5) is 5.69 Å². The van der Waals surface area contributed by atoms with E-state index in [1.165, 1.54) is 0 Å². The molecule has 0 spiro atoms. The highest BCUT2D eigenvalue weighted by molar-refractivity contribution is 6.03. The predicted molar refractivity (Wildman–Crippen MR) is 102 cm³/mol. The summed E-state index contributed by atoms with van der Waals surface area (Å²) < 4.78 is 2.05. The SMILES string of the molecule is NC(=O)c1ccccc1NC(=O)CN1CCn2c(nnc2-c2cccnc2)C1. The van der Waals surface area contributed by atoms with Crippen LogP contribution in [0.25, 0.3) is 11.4 Å². The number of hydrogen-bond donors (Lipinski definition) is 2. The number of benzene rings is 1. The number of carbonyl (C=O) groups excluding carboxylic acids is 2. The first-order valence-electron chi connectivity index (χ1n) is 8.85. The van der Waals surface area contributed by atoms with Gasteiger partial charge in [0.25, 0.3) is 5.91 Å². The van der Waals surface area contributed by atoms with Gasteiger partial charge >= 0.3 is 0 Å². The maximum Gasteiger partial charge on any atom is 0.250 e. The molecule has 1 aliphatic rings.